The molecule has 0 heterocycles. The quantitative estimate of drug-likeness (QED) is 0.794. The second-order valence-corrected chi connectivity index (χ2v) is 5.58. The Bertz CT molecular complexity index is 609. The van der Waals surface area contributed by atoms with Gasteiger partial charge in [-0.3, -0.25) is 4.79 Å². The zero-order chi connectivity index (χ0) is 15.2. The lowest BCUT2D eigenvalue weighted by Gasteiger charge is -2.10. The van der Waals surface area contributed by atoms with Crippen LogP contribution in [0.3, 0.4) is 0 Å². The van der Waals surface area contributed by atoms with Crippen molar-refractivity contribution in [3.63, 3.8) is 0 Å². The molecule has 110 valence electrons. The molecular formula is C15H13Cl3N2O. The Morgan fingerprint density at radius 2 is 1.57 bits per heavy atom. The smallest absolute Gasteiger partial charge is 0.226 e. The zero-order valence-electron chi connectivity index (χ0n) is 11.0. The molecule has 0 aromatic heterocycles. The molecule has 3 nitrogen and oxygen atoms in total. The summed E-state index contributed by atoms with van der Waals surface area (Å²) < 4.78 is 0. The number of carbonyl (C=O) groups is 1. The van der Waals surface area contributed by atoms with Gasteiger partial charge < -0.3 is 10.6 Å². The highest BCUT2D eigenvalue weighted by atomic mass is 35.5. The van der Waals surface area contributed by atoms with E-state index >= 15 is 0 Å². The van der Waals surface area contributed by atoms with Crippen LogP contribution in [-0.2, 0) is 4.79 Å². The average Bonchev–Trinajstić information content (AvgIpc) is 2.45. The molecule has 2 aromatic carbocycles. The third kappa shape index (κ3) is 4.81. The summed E-state index contributed by atoms with van der Waals surface area (Å²) in [5.74, 6) is -0.161. The lowest BCUT2D eigenvalue weighted by Crippen LogP contribution is -2.16. The van der Waals surface area contributed by atoms with Gasteiger partial charge >= 0.3 is 0 Å². The van der Waals surface area contributed by atoms with Crippen LogP contribution >= 0.6 is 34.8 Å². The van der Waals surface area contributed by atoms with Crippen molar-refractivity contribution in [3.05, 3.63) is 57.5 Å². The highest BCUT2D eigenvalue weighted by Gasteiger charge is 2.09. The van der Waals surface area contributed by atoms with Crippen LogP contribution in [0.25, 0.3) is 0 Å². The van der Waals surface area contributed by atoms with E-state index in [9.17, 15) is 4.79 Å². The maximum Gasteiger partial charge on any atom is 0.226 e. The Morgan fingerprint density at radius 3 is 2.19 bits per heavy atom. The topological polar surface area (TPSA) is 41.1 Å². The Morgan fingerprint density at radius 1 is 0.952 bits per heavy atom. The van der Waals surface area contributed by atoms with Gasteiger partial charge in [0.2, 0.25) is 5.91 Å². The van der Waals surface area contributed by atoms with Gasteiger partial charge in [-0.15, -0.1) is 0 Å². The molecule has 2 aromatic rings. The highest BCUT2D eigenvalue weighted by molar-refractivity contribution is 6.39. The Hall–Kier alpha value is -1.42. The Labute approximate surface area is 138 Å². The number of para-hydroxylation sites is 1. The van der Waals surface area contributed by atoms with Gasteiger partial charge in [0.15, 0.2) is 0 Å². The summed E-state index contributed by atoms with van der Waals surface area (Å²) in [5.41, 5.74) is 1.35. The number of rotatable bonds is 5. The fraction of sp³-hybridized carbons (Fsp3) is 0.133. The van der Waals surface area contributed by atoms with E-state index in [2.05, 4.69) is 10.6 Å². The van der Waals surface area contributed by atoms with E-state index in [4.69, 9.17) is 34.8 Å². The molecule has 0 bridgehead atoms. The molecule has 2 N–H and O–H groups in total. The summed E-state index contributed by atoms with van der Waals surface area (Å²) in [4.78, 5) is 11.9. The second kappa shape index (κ2) is 7.55. The third-order valence-electron chi connectivity index (χ3n) is 2.75. The van der Waals surface area contributed by atoms with Gasteiger partial charge in [-0.1, -0.05) is 40.9 Å². The summed E-state index contributed by atoms with van der Waals surface area (Å²) >= 11 is 17.8. The van der Waals surface area contributed by atoms with Gasteiger partial charge in [0.1, 0.15) is 0 Å². The summed E-state index contributed by atoms with van der Waals surface area (Å²) in [6.45, 7) is 0.496. The van der Waals surface area contributed by atoms with E-state index in [1.807, 2.05) is 12.1 Å². The second-order valence-electron chi connectivity index (χ2n) is 4.33. The lowest BCUT2D eigenvalue weighted by atomic mass is 10.3. The van der Waals surface area contributed by atoms with E-state index in [0.29, 0.717) is 33.7 Å². The first-order chi connectivity index (χ1) is 10.1. The van der Waals surface area contributed by atoms with Gasteiger partial charge in [0.25, 0.3) is 0 Å². The number of hydrogen-bond donors (Lipinski definition) is 2. The van der Waals surface area contributed by atoms with Crippen molar-refractivity contribution < 1.29 is 4.79 Å². The van der Waals surface area contributed by atoms with Gasteiger partial charge in [-0.05, 0) is 36.4 Å². The minimum atomic E-state index is -0.161. The van der Waals surface area contributed by atoms with Crippen LogP contribution in [-0.4, -0.2) is 12.5 Å². The van der Waals surface area contributed by atoms with Gasteiger partial charge in [-0.25, -0.2) is 0 Å². The first kappa shape index (κ1) is 16.0. The van der Waals surface area contributed by atoms with Crippen molar-refractivity contribution in [1.82, 2.24) is 0 Å². The fourth-order valence-corrected chi connectivity index (χ4v) is 2.33. The number of amides is 1. The molecule has 0 saturated heterocycles. The number of halogens is 3. The molecule has 0 unspecified atom stereocenters. The molecule has 0 radical (unpaired) electrons. The van der Waals surface area contributed by atoms with Crippen LogP contribution in [0.2, 0.25) is 15.1 Å². The number of hydrogen-bond acceptors (Lipinski definition) is 2. The van der Waals surface area contributed by atoms with E-state index < -0.39 is 0 Å². The fourth-order valence-electron chi connectivity index (χ4n) is 1.71. The molecule has 0 aliphatic rings. The number of benzene rings is 2. The predicted octanol–water partition coefficient (Wildman–Crippen LogP) is 5.09. The molecule has 0 aliphatic carbocycles. The molecule has 21 heavy (non-hydrogen) atoms. The first-order valence-electron chi connectivity index (χ1n) is 6.29. The molecule has 0 saturated carbocycles. The van der Waals surface area contributed by atoms with Crippen LogP contribution in [0.15, 0.2) is 42.5 Å². The maximum atomic E-state index is 11.9. The zero-order valence-corrected chi connectivity index (χ0v) is 13.3. The normalized spacial score (nSPS) is 10.2. The molecule has 6 heteroatoms. The monoisotopic (exact) mass is 342 g/mol. The molecule has 0 fully saturated rings. The average molecular weight is 344 g/mol. The van der Waals surface area contributed by atoms with E-state index in [0.717, 1.165) is 5.69 Å². The standard InChI is InChI=1S/C15H13Cl3N2O/c16-10-4-6-11(7-5-10)19-9-8-14(21)20-15-12(17)2-1-3-13(15)18/h1-7,19H,8-9H2,(H,20,21). The number of anilines is 2. The molecule has 2 rings (SSSR count). The molecule has 0 atom stereocenters. The maximum absolute atomic E-state index is 11.9. The van der Waals surface area contributed by atoms with Crippen molar-refractivity contribution in [1.29, 1.82) is 0 Å². The predicted molar refractivity (Wildman–Crippen MR) is 89.7 cm³/mol. The largest absolute Gasteiger partial charge is 0.385 e. The van der Waals surface area contributed by atoms with Crippen LogP contribution in [0.1, 0.15) is 6.42 Å². The third-order valence-corrected chi connectivity index (χ3v) is 3.63. The van der Waals surface area contributed by atoms with Crippen LogP contribution < -0.4 is 10.6 Å². The first-order valence-corrected chi connectivity index (χ1v) is 7.43. The van der Waals surface area contributed by atoms with E-state index in [1.54, 1.807) is 30.3 Å². The van der Waals surface area contributed by atoms with Gasteiger partial charge in [0, 0.05) is 23.7 Å². The summed E-state index contributed by atoms with van der Waals surface area (Å²) in [6, 6.07) is 12.4. The molecule has 0 spiro atoms. The van der Waals surface area contributed by atoms with Crippen LogP contribution in [0.5, 0.6) is 0 Å². The lowest BCUT2D eigenvalue weighted by molar-refractivity contribution is -0.115. The van der Waals surface area contributed by atoms with Crippen molar-refractivity contribution in [3.8, 4) is 0 Å². The van der Waals surface area contributed by atoms with Crippen molar-refractivity contribution >= 4 is 52.1 Å². The number of carbonyl (C=O) groups excluding carboxylic acids is 1. The van der Waals surface area contributed by atoms with Gasteiger partial charge in [-0.2, -0.15) is 0 Å². The van der Waals surface area contributed by atoms with Crippen molar-refractivity contribution in [2.45, 2.75) is 6.42 Å². The van der Waals surface area contributed by atoms with Gasteiger partial charge in [0.05, 0.1) is 15.7 Å². The van der Waals surface area contributed by atoms with Crippen molar-refractivity contribution in [2.75, 3.05) is 17.2 Å². The Balaban J connectivity index is 1.84. The molecule has 0 aliphatic heterocycles. The molecule has 1 amide bonds. The minimum absolute atomic E-state index is 0.161. The number of nitrogens with one attached hydrogen (secondary N) is 2. The summed E-state index contributed by atoms with van der Waals surface area (Å²) in [7, 11) is 0. The SMILES string of the molecule is O=C(CCNc1ccc(Cl)cc1)Nc1c(Cl)cccc1Cl. The van der Waals surface area contributed by atoms with E-state index in [-0.39, 0.29) is 5.91 Å². The van der Waals surface area contributed by atoms with Crippen molar-refractivity contribution in [2.24, 2.45) is 0 Å². The minimum Gasteiger partial charge on any atom is -0.385 e. The van der Waals surface area contributed by atoms with Crippen LogP contribution in [0.4, 0.5) is 11.4 Å². The Kier molecular flexibility index (Phi) is 5.74. The van der Waals surface area contributed by atoms with E-state index in [1.165, 1.54) is 0 Å². The van der Waals surface area contributed by atoms with Crippen LogP contribution in [0, 0.1) is 0 Å². The summed E-state index contributed by atoms with van der Waals surface area (Å²) in [6.07, 6.45) is 0.296. The summed E-state index contributed by atoms with van der Waals surface area (Å²) in [5, 5.41) is 7.35. The highest BCUT2D eigenvalue weighted by Crippen LogP contribution is 2.29. The molecular weight excluding hydrogens is 331 g/mol.